The minimum atomic E-state index is -0.398. The molecule has 0 bridgehead atoms. The largest absolute Gasteiger partial charge is 0.423 e. The summed E-state index contributed by atoms with van der Waals surface area (Å²) in [7, 11) is 0. The lowest BCUT2D eigenvalue weighted by molar-refractivity contribution is 0.557. The smallest absolute Gasteiger partial charge is 0.336 e. The summed E-state index contributed by atoms with van der Waals surface area (Å²) in [4.78, 5) is 30.9. The summed E-state index contributed by atoms with van der Waals surface area (Å²) < 4.78 is 7.66. The summed E-state index contributed by atoms with van der Waals surface area (Å²) in [6.45, 7) is 0.279. The number of aromatic nitrogens is 2. The second-order valence-electron chi connectivity index (χ2n) is 7.93. The summed E-state index contributed by atoms with van der Waals surface area (Å²) in [6, 6.07) is 17.5. The number of rotatable bonds is 3. The van der Waals surface area contributed by atoms with Gasteiger partial charge in [0.25, 0.3) is 5.56 Å². The fraction of sp³-hybridized carbons (Fsp3) is 0.160. The zero-order valence-corrected chi connectivity index (χ0v) is 17.4. The molecule has 0 N–H and O–H groups in total. The highest BCUT2D eigenvalue weighted by Gasteiger charge is 2.16. The van der Waals surface area contributed by atoms with E-state index in [2.05, 4.69) is 11.1 Å². The van der Waals surface area contributed by atoms with Crippen molar-refractivity contribution in [3.05, 3.63) is 98.4 Å². The van der Waals surface area contributed by atoms with Crippen molar-refractivity contribution in [2.45, 2.75) is 25.8 Å². The lowest BCUT2D eigenvalue weighted by Crippen LogP contribution is -2.21. The first-order valence-electron chi connectivity index (χ1n) is 10.3. The standard InChI is InChI=1S/C25H18N2O3S/c28-23-11-18(19-9-16-7-4-8-17(16)10-21(19)30-23)13-27-14-26-20-12-22(31-24(20)25(27)29)15-5-2-1-3-6-15/h1-3,5-6,9-12,14H,4,7-8,13H2. The summed E-state index contributed by atoms with van der Waals surface area (Å²) in [5.74, 6) is 0. The van der Waals surface area contributed by atoms with Crippen LogP contribution in [0.25, 0.3) is 31.6 Å². The Morgan fingerprint density at radius 3 is 2.65 bits per heavy atom. The third kappa shape index (κ3) is 3.11. The third-order valence-corrected chi connectivity index (χ3v) is 7.11. The molecule has 0 spiro atoms. The van der Waals surface area contributed by atoms with Gasteiger partial charge in [-0.3, -0.25) is 9.36 Å². The van der Waals surface area contributed by atoms with Gasteiger partial charge in [0.1, 0.15) is 10.3 Å². The van der Waals surface area contributed by atoms with Gasteiger partial charge in [0.05, 0.1) is 18.4 Å². The van der Waals surface area contributed by atoms with Crippen LogP contribution in [0.15, 0.2) is 74.9 Å². The molecule has 0 aliphatic heterocycles. The van der Waals surface area contributed by atoms with Crippen LogP contribution in [0.2, 0.25) is 0 Å². The molecule has 6 heteroatoms. The Labute approximate surface area is 181 Å². The first-order chi connectivity index (χ1) is 15.2. The third-order valence-electron chi connectivity index (χ3n) is 5.95. The number of fused-ring (bicyclic) bond motifs is 3. The number of hydrogen-bond donors (Lipinski definition) is 0. The molecule has 2 aromatic carbocycles. The molecule has 31 heavy (non-hydrogen) atoms. The monoisotopic (exact) mass is 426 g/mol. The number of aryl methyl sites for hydroxylation is 2. The van der Waals surface area contributed by atoms with E-state index >= 15 is 0 Å². The second-order valence-corrected chi connectivity index (χ2v) is 8.98. The lowest BCUT2D eigenvalue weighted by atomic mass is 10.0. The van der Waals surface area contributed by atoms with E-state index in [-0.39, 0.29) is 12.1 Å². The van der Waals surface area contributed by atoms with E-state index in [1.165, 1.54) is 28.5 Å². The number of benzene rings is 2. The van der Waals surface area contributed by atoms with Crippen LogP contribution in [0, 0.1) is 0 Å². The Bertz CT molecular complexity index is 1580. The molecule has 0 unspecified atom stereocenters. The van der Waals surface area contributed by atoms with Gasteiger partial charge in [0.2, 0.25) is 0 Å². The highest BCUT2D eigenvalue weighted by molar-refractivity contribution is 7.22. The molecular weight excluding hydrogens is 408 g/mol. The summed E-state index contributed by atoms with van der Waals surface area (Å²) in [5, 5.41) is 0.892. The van der Waals surface area contributed by atoms with E-state index in [1.807, 2.05) is 42.5 Å². The minimum absolute atomic E-state index is 0.0975. The summed E-state index contributed by atoms with van der Waals surface area (Å²) >= 11 is 1.45. The second kappa shape index (κ2) is 7.03. The van der Waals surface area contributed by atoms with Crippen LogP contribution in [0.5, 0.6) is 0 Å². The number of hydrogen-bond acceptors (Lipinski definition) is 5. The molecular formula is C25H18N2O3S. The van der Waals surface area contributed by atoms with E-state index in [0.29, 0.717) is 15.8 Å². The zero-order chi connectivity index (χ0) is 20.9. The van der Waals surface area contributed by atoms with Crippen LogP contribution in [0.3, 0.4) is 0 Å². The van der Waals surface area contributed by atoms with Crippen LogP contribution < -0.4 is 11.2 Å². The van der Waals surface area contributed by atoms with Crippen LogP contribution in [-0.4, -0.2) is 9.55 Å². The molecule has 5 aromatic rings. The highest BCUT2D eigenvalue weighted by Crippen LogP contribution is 2.31. The Morgan fingerprint density at radius 2 is 1.81 bits per heavy atom. The van der Waals surface area contributed by atoms with Crippen LogP contribution >= 0.6 is 11.3 Å². The fourth-order valence-electron chi connectivity index (χ4n) is 4.41. The molecule has 152 valence electrons. The fourth-order valence-corrected chi connectivity index (χ4v) is 5.48. The Morgan fingerprint density at radius 1 is 1.00 bits per heavy atom. The average molecular weight is 426 g/mol. The molecule has 3 heterocycles. The van der Waals surface area contributed by atoms with Gasteiger partial charge in [-0.1, -0.05) is 30.3 Å². The first kappa shape index (κ1) is 18.3. The van der Waals surface area contributed by atoms with E-state index in [1.54, 1.807) is 10.9 Å². The molecule has 3 aromatic heterocycles. The van der Waals surface area contributed by atoms with Crippen molar-refractivity contribution in [1.29, 1.82) is 0 Å². The predicted octanol–water partition coefficient (Wildman–Crippen LogP) is 4.77. The maximum atomic E-state index is 13.2. The van der Waals surface area contributed by atoms with Gasteiger partial charge < -0.3 is 4.42 Å². The molecule has 1 aliphatic carbocycles. The van der Waals surface area contributed by atoms with Gasteiger partial charge >= 0.3 is 5.63 Å². The quantitative estimate of drug-likeness (QED) is 0.390. The molecule has 0 saturated heterocycles. The topological polar surface area (TPSA) is 65.1 Å². The van der Waals surface area contributed by atoms with Crippen molar-refractivity contribution in [1.82, 2.24) is 9.55 Å². The molecule has 1 aliphatic rings. The van der Waals surface area contributed by atoms with Crippen LogP contribution in [0.4, 0.5) is 0 Å². The lowest BCUT2D eigenvalue weighted by Gasteiger charge is -2.09. The molecule has 0 amide bonds. The zero-order valence-electron chi connectivity index (χ0n) is 16.6. The normalized spacial score (nSPS) is 13.2. The molecule has 5 nitrogen and oxygen atoms in total. The Balaban J connectivity index is 1.46. The van der Waals surface area contributed by atoms with Gasteiger partial charge in [-0.25, -0.2) is 9.78 Å². The van der Waals surface area contributed by atoms with Gasteiger partial charge in [-0.15, -0.1) is 11.3 Å². The predicted molar refractivity (Wildman–Crippen MR) is 123 cm³/mol. The maximum Gasteiger partial charge on any atom is 0.336 e. The van der Waals surface area contributed by atoms with Crippen LogP contribution in [0.1, 0.15) is 23.1 Å². The van der Waals surface area contributed by atoms with E-state index in [0.717, 1.165) is 40.7 Å². The van der Waals surface area contributed by atoms with E-state index in [9.17, 15) is 9.59 Å². The average Bonchev–Trinajstić information content (AvgIpc) is 3.42. The van der Waals surface area contributed by atoms with Crippen molar-refractivity contribution >= 4 is 32.5 Å². The highest BCUT2D eigenvalue weighted by atomic mass is 32.1. The summed E-state index contributed by atoms with van der Waals surface area (Å²) in [6.07, 6.45) is 4.74. The molecule has 0 atom stereocenters. The van der Waals surface area contributed by atoms with Gasteiger partial charge in [-0.05, 0) is 59.7 Å². The molecule has 0 fully saturated rings. The molecule has 0 saturated carbocycles. The SMILES string of the molecule is O=c1cc(Cn2cnc3cc(-c4ccccc4)sc3c2=O)c2cc3c(cc2o1)CCC3. The van der Waals surface area contributed by atoms with Gasteiger partial charge in [-0.2, -0.15) is 0 Å². The first-order valence-corrected chi connectivity index (χ1v) is 11.1. The van der Waals surface area contributed by atoms with Crippen LogP contribution in [-0.2, 0) is 19.4 Å². The number of thiophene rings is 1. The Kier molecular flexibility index (Phi) is 4.14. The number of nitrogens with zero attached hydrogens (tertiary/aromatic N) is 2. The maximum absolute atomic E-state index is 13.2. The van der Waals surface area contributed by atoms with Gasteiger partial charge in [0.15, 0.2) is 0 Å². The van der Waals surface area contributed by atoms with Crippen molar-refractivity contribution in [3.8, 4) is 10.4 Å². The van der Waals surface area contributed by atoms with Gasteiger partial charge in [0, 0.05) is 16.3 Å². The van der Waals surface area contributed by atoms with Crippen molar-refractivity contribution in [2.75, 3.05) is 0 Å². The molecule has 0 radical (unpaired) electrons. The van der Waals surface area contributed by atoms with Crippen molar-refractivity contribution in [2.24, 2.45) is 0 Å². The van der Waals surface area contributed by atoms with E-state index < -0.39 is 5.63 Å². The van der Waals surface area contributed by atoms with Crippen molar-refractivity contribution < 1.29 is 4.42 Å². The minimum Gasteiger partial charge on any atom is -0.423 e. The van der Waals surface area contributed by atoms with E-state index in [4.69, 9.17) is 4.42 Å². The molecule has 6 rings (SSSR count). The Hall–Kier alpha value is -3.51. The summed E-state index contributed by atoms with van der Waals surface area (Å²) in [5.41, 5.74) is 5.19. The van der Waals surface area contributed by atoms with Crippen molar-refractivity contribution in [3.63, 3.8) is 0 Å².